The minimum atomic E-state index is -3.99. The molecule has 7 aromatic rings. The zero-order valence-electron chi connectivity index (χ0n) is 45.4. The Morgan fingerprint density at radius 3 is 1.79 bits per heavy atom. The van der Waals surface area contributed by atoms with Crippen molar-refractivity contribution in [3.05, 3.63) is 112 Å². The van der Waals surface area contributed by atoms with Gasteiger partial charge < -0.3 is 19.5 Å². The number of carbonyl (C=O) groups excluding carboxylic acids is 2. The second-order valence-electron chi connectivity index (χ2n) is 21.1. The average molecular weight is 1180 g/mol. The number of carbonyl (C=O) groups is 2. The van der Waals surface area contributed by atoms with Crippen molar-refractivity contribution < 1.29 is 31.5 Å². The molecule has 2 saturated carbocycles. The molecule has 9 heterocycles. The molecule has 1 N–H and O–H groups in total. The molecule has 0 bridgehead atoms. The van der Waals surface area contributed by atoms with E-state index in [2.05, 4.69) is 41.0 Å². The van der Waals surface area contributed by atoms with Gasteiger partial charge in [-0.25, -0.2) is 51.1 Å². The van der Waals surface area contributed by atoms with E-state index in [0.29, 0.717) is 76.2 Å². The van der Waals surface area contributed by atoms with Crippen LogP contribution in [0.1, 0.15) is 142 Å². The van der Waals surface area contributed by atoms with E-state index in [1.165, 1.54) is 18.6 Å². The molecule has 21 heteroatoms. The molecule has 6 aromatic heterocycles. The van der Waals surface area contributed by atoms with Crippen molar-refractivity contribution in [3.8, 4) is 28.8 Å². The van der Waals surface area contributed by atoms with Crippen molar-refractivity contribution in [1.29, 1.82) is 5.26 Å². The summed E-state index contributed by atoms with van der Waals surface area (Å²) in [4.78, 5) is 57.8. The number of aromatic amines is 1. The smallest absolute Gasteiger partial charge is 0.269 e. The first kappa shape index (κ1) is 63.1. The Balaban J connectivity index is 0.000000203. The molecule has 2 amide bonds. The summed E-state index contributed by atoms with van der Waals surface area (Å²) in [6.45, 7) is 8.39. The van der Waals surface area contributed by atoms with Crippen LogP contribution in [0.3, 0.4) is 0 Å². The molecule has 1 aromatic carbocycles. The number of aromatic nitrogens is 8. The van der Waals surface area contributed by atoms with Crippen LogP contribution in [-0.4, -0.2) is 107 Å². The molecule has 5 aliphatic rings. The largest absolute Gasteiger partial charge is 0.377 e. The van der Waals surface area contributed by atoms with Gasteiger partial charge >= 0.3 is 0 Å². The van der Waals surface area contributed by atoms with Crippen molar-refractivity contribution in [3.63, 3.8) is 0 Å². The van der Waals surface area contributed by atoms with E-state index < -0.39 is 15.8 Å². The lowest BCUT2D eigenvalue weighted by molar-refractivity contribution is -0.131. The van der Waals surface area contributed by atoms with Crippen molar-refractivity contribution in [2.45, 2.75) is 168 Å². The van der Waals surface area contributed by atoms with Gasteiger partial charge in [-0.05, 0) is 120 Å². The number of nitrogens with zero attached hydrogens (tertiary/aromatic N) is 10. The highest BCUT2D eigenvalue weighted by Crippen LogP contribution is 2.37. The molecule has 16 nitrogen and oxygen atoms in total. The van der Waals surface area contributed by atoms with Gasteiger partial charge in [-0.1, -0.05) is 82.4 Å². The zero-order chi connectivity index (χ0) is 56.5. The lowest BCUT2D eigenvalue weighted by Gasteiger charge is -2.35. The number of halogens is 4. The highest BCUT2D eigenvalue weighted by molar-refractivity contribution is 7.90. The molecule has 3 aliphatic heterocycles. The summed E-state index contributed by atoms with van der Waals surface area (Å²) in [5.74, 6) is 0.754. The Kier molecular flexibility index (Phi) is 22.1. The lowest BCUT2D eigenvalue weighted by atomic mass is 9.82. The minimum absolute atomic E-state index is 0. The molecule has 3 saturated heterocycles. The maximum absolute atomic E-state index is 15.0. The summed E-state index contributed by atoms with van der Waals surface area (Å²) in [7, 11) is -3.99. The molecular formula is C61H75Cl2F2N11O5S. The molecular weight excluding hydrogens is 1110 g/mol. The quantitative estimate of drug-likeness (QED) is 0.128. The number of likely N-dealkylation sites (tertiary alicyclic amines) is 2. The van der Waals surface area contributed by atoms with Crippen LogP contribution in [0, 0.1) is 41.7 Å². The minimum Gasteiger partial charge on any atom is -0.377 e. The number of H-pyrrole nitrogens is 1. The van der Waals surface area contributed by atoms with Crippen molar-refractivity contribution >= 4 is 67.1 Å². The number of hydrogen-bond acceptors (Lipinski definition) is 12. The number of ether oxygens (including phenoxy) is 1. The van der Waals surface area contributed by atoms with E-state index in [1.807, 2.05) is 30.6 Å². The summed E-state index contributed by atoms with van der Waals surface area (Å²) in [6.07, 6.45) is 23.4. The number of nitriles is 1. The van der Waals surface area contributed by atoms with Crippen LogP contribution in [0.2, 0.25) is 10.0 Å². The number of fused-ring (bicyclic) bond motifs is 2. The normalized spacial score (nSPS) is 20.6. The van der Waals surface area contributed by atoms with Crippen LogP contribution in [0.5, 0.6) is 0 Å². The SMILES string of the molecule is C.C.CC.Cc1ccc(S(=O)(=O)n2cc(-c3ncc(F)c(C[C@H]4CCC[C@@H](N5CCCC5=O)C4)n3)c3cc(Cl)cnc32)cc1.N#CCC1CCCO1.O=C1CCCN1[C@@H]1CCC[C@H](Cc2nc(-c3c[nH]c4ncc(Cl)cc34)ncc2F)C1. The van der Waals surface area contributed by atoms with Gasteiger partial charge in [0.25, 0.3) is 10.0 Å². The standard InChI is InChI=1S/C29H29ClFN5O3S.C22H23ClFN5O.C6H9NO.C2H6.2CH4/c1-18-7-9-22(10-8-18)40(38,39)36-17-24(23-14-20(30)15-33-29(23)36)28-32-16-25(31)26(34-28)13-19-4-2-5-21(12-19)35-11-3-6-27(35)37;23-14-9-16-17(11-26-21(16)25-10-14)22-27-12-18(24)19(28-22)8-13-3-1-4-15(7-13)29-6-2-5-20(29)30;7-4-3-6-2-1-5-8-6;1-2;;/h7-10,14-17,19,21H,2-6,11-13H2,1H3;9-13,15H,1-8H2,(H,25,26);6H,1-3,5H2;1-2H3;2*1H4/t19-,21+;13-,15+;;;;/m00..../s1. The van der Waals surface area contributed by atoms with Gasteiger partial charge in [-0.3, -0.25) is 9.59 Å². The van der Waals surface area contributed by atoms with Crippen LogP contribution in [-0.2, 0) is 37.2 Å². The molecule has 438 valence electrons. The number of pyridine rings is 2. The molecule has 0 spiro atoms. The number of nitrogens with one attached hydrogen (secondary N) is 1. The molecule has 82 heavy (non-hydrogen) atoms. The van der Waals surface area contributed by atoms with Gasteiger partial charge in [-0.15, -0.1) is 0 Å². The van der Waals surface area contributed by atoms with E-state index in [1.54, 1.807) is 48.8 Å². The van der Waals surface area contributed by atoms with Crippen molar-refractivity contribution in [2.75, 3.05) is 19.7 Å². The van der Waals surface area contributed by atoms with Crippen molar-refractivity contribution in [1.82, 2.24) is 48.7 Å². The fourth-order valence-corrected chi connectivity index (χ4v) is 13.4. The van der Waals surface area contributed by atoms with Gasteiger partial charge in [0, 0.05) is 91.3 Å². The van der Waals surface area contributed by atoms with Gasteiger partial charge in [0.2, 0.25) is 11.8 Å². The highest BCUT2D eigenvalue weighted by atomic mass is 35.5. The zero-order valence-corrected chi connectivity index (χ0v) is 47.7. The van der Waals surface area contributed by atoms with Crippen LogP contribution < -0.4 is 0 Å². The fraction of sp³-hybridized carbons (Fsp3) is 0.492. The maximum Gasteiger partial charge on any atom is 0.269 e. The predicted octanol–water partition coefficient (Wildman–Crippen LogP) is 13.5. The fourth-order valence-electron chi connectivity index (χ4n) is 11.8. The summed E-state index contributed by atoms with van der Waals surface area (Å²) < 4.78 is 63.0. The molecule has 5 atom stereocenters. The highest BCUT2D eigenvalue weighted by Gasteiger charge is 2.35. The third kappa shape index (κ3) is 14.6. The first-order valence-corrected chi connectivity index (χ1v) is 30.1. The third-order valence-electron chi connectivity index (χ3n) is 15.7. The van der Waals surface area contributed by atoms with Gasteiger partial charge in [0.1, 0.15) is 5.65 Å². The maximum atomic E-state index is 15.0. The van der Waals surface area contributed by atoms with Gasteiger partial charge in [0.05, 0.1) is 57.3 Å². The topological polar surface area (TPSA) is 206 Å². The van der Waals surface area contributed by atoms with Crippen LogP contribution >= 0.6 is 23.2 Å². The van der Waals surface area contributed by atoms with E-state index >= 15 is 4.39 Å². The number of hydrogen-bond donors (Lipinski definition) is 1. The third-order valence-corrected chi connectivity index (χ3v) is 17.8. The number of benzene rings is 1. The number of aryl methyl sites for hydroxylation is 1. The Bertz CT molecular complexity index is 3480. The Hall–Kier alpha value is -6.46. The van der Waals surface area contributed by atoms with Gasteiger partial charge in [0.15, 0.2) is 28.9 Å². The van der Waals surface area contributed by atoms with E-state index in [-0.39, 0.29) is 78.7 Å². The van der Waals surface area contributed by atoms with Crippen molar-refractivity contribution in [2.24, 2.45) is 11.8 Å². The second-order valence-corrected chi connectivity index (χ2v) is 23.8. The second kappa shape index (κ2) is 28.7. The van der Waals surface area contributed by atoms with Crippen LogP contribution in [0.25, 0.3) is 44.8 Å². The summed E-state index contributed by atoms with van der Waals surface area (Å²) in [5, 5.41) is 10.3. The first-order valence-electron chi connectivity index (χ1n) is 27.9. The first-order chi connectivity index (χ1) is 38.7. The molecule has 5 fully saturated rings. The average Bonchev–Trinajstić information content (AvgIpc) is 3.58. The molecule has 2 aliphatic carbocycles. The predicted molar refractivity (Wildman–Crippen MR) is 316 cm³/mol. The summed E-state index contributed by atoms with van der Waals surface area (Å²) in [5.41, 5.74) is 3.67. The molecule has 0 radical (unpaired) electrons. The Labute approximate surface area is 490 Å². The lowest BCUT2D eigenvalue weighted by Crippen LogP contribution is -2.40. The number of amides is 2. The summed E-state index contributed by atoms with van der Waals surface area (Å²) >= 11 is 12.3. The van der Waals surface area contributed by atoms with E-state index in [9.17, 15) is 22.4 Å². The summed E-state index contributed by atoms with van der Waals surface area (Å²) in [6, 6.07) is 12.5. The Morgan fingerprint density at radius 2 is 1.27 bits per heavy atom. The molecule has 1 unspecified atom stereocenters. The van der Waals surface area contributed by atoms with E-state index in [4.69, 9.17) is 33.2 Å². The van der Waals surface area contributed by atoms with Crippen LogP contribution in [0.4, 0.5) is 8.78 Å². The molecule has 12 rings (SSSR count). The van der Waals surface area contributed by atoms with Gasteiger partial charge in [-0.2, -0.15) is 5.26 Å². The number of rotatable bonds is 11. The Morgan fingerprint density at radius 1 is 0.720 bits per heavy atom. The monoisotopic (exact) mass is 1180 g/mol. The van der Waals surface area contributed by atoms with Crippen LogP contribution in [0.15, 0.2) is 78.5 Å². The van der Waals surface area contributed by atoms with E-state index in [0.717, 1.165) is 123 Å².